The monoisotopic (exact) mass is 321 g/mol. The lowest BCUT2D eigenvalue weighted by molar-refractivity contribution is -0.137. The molecule has 0 bridgehead atoms. The lowest BCUT2D eigenvalue weighted by Gasteiger charge is -2.22. The maximum absolute atomic E-state index is 11.9. The minimum absolute atomic E-state index is 0.581. The Morgan fingerprint density at radius 2 is 1.59 bits per heavy atom. The van der Waals surface area contributed by atoms with E-state index in [1.807, 2.05) is 13.8 Å². The number of aromatic nitrogens is 1. The van der Waals surface area contributed by atoms with Crippen molar-refractivity contribution in [2.75, 3.05) is 34.7 Å². The molecule has 0 radical (unpaired) electrons. The van der Waals surface area contributed by atoms with Gasteiger partial charge in [-0.2, -0.15) is 13.2 Å². The second-order valence-corrected chi connectivity index (χ2v) is 5.26. The summed E-state index contributed by atoms with van der Waals surface area (Å²) < 4.78 is 35.6. The molecule has 1 atom stereocenters. The highest BCUT2D eigenvalue weighted by Gasteiger charge is 2.30. The zero-order valence-electron chi connectivity index (χ0n) is 15.0. The van der Waals surface area contributed by atoms with E-state index in [0.29, 0.717) is 11.7 Å². The van der Waals surface area contributed by atoms with Crippen molar-refractivity contribution in [1.29, 1.82) is 0 Å². The first-order chi connectivity index (χ1) is 10.0. The van der Waals surface area contributed by atoms with E-state index >= 15 is 0 Å². The van der Waals surface area contributed by atoms with Gasteiger partial charge >= 0.3 is 6.18 Å². The maximum Gasteiger partial charge on any atom is 0.417 e. The third-order valence-corrected chi connectivity index (χ3v) is 2.75. The van der Waals surface area contributed by atoms with E-state index in [1.54, 1.807) is 6.92 Å². The summed E-state index contributed by atoms with van der Waals surface area (Å²) in [5.41, 5.74) is -0.124. The van der Waals surface area contributed by atoms with Crippen molar-refractivity contribution in [2.45, 2.75) is 39.9 Å². The van der Waals surface area contributed by atoms with Gasteiger partial charge in [-0.3, -0.25) is 4.98 Å². The molecule has 1 aromatic heterocycles. The third-order valence-electron chi connectivity index (χ3n) is 2.75. The molecule has 1 aromatic rings. The number of nitrogens with zero attached hydrogens (tertiary/aromatic N) is 3. The quantitative estimate of drug-likeness (QED) is 0.841. The van der Waals surface area contributed by atoms with Gasteiger partial charge in [0.15, 0.2) is 0 Å². The summed E-state index contributed by atoms with van der Waals surface area (Å²) in [7, 11) is 8.41. The number of aryl methyl sites for hydroxylation is 1. The molecule has 0 aromatic carbocycles. The van der Waals surface area contributed by atoms with Crippen LogP contribution in [0.25, 0.3) is 0 Å². The summed E-state index contributed by atoms with van der Waals surface area (Å²) in [4.78, 5) is 7.95. The molecule has 0 fully saturated rings. The molecule has 0 saturated heterocycles. The van der Waals surface area contributed by atoms with Gasteiger partial charge in [-0.05, 0) is 54.2 Å². The topological polar surface area (TPSA) is 19.4 Å². The predicted octanol–water partition coefficient (Wildman–Crippen LogP) is 3.93. The van der Waals surface area contributed by atoms with Gasteiger partial charge in [-0.15, -0.1) is 0 Å². The summed E-state index contributed by atoms with van der Waals surface area (Å²) in [6.07, 6.45) is -3.45. The van der Waals surface area contributed by atoms with E-state index in [2.05, 4.69) is 49.9 Å². The Labute approximate surface area is 133 Å². The average Bonchev–Trinajstić information content (AvgIpc) is 2.40. The van der Waals surface area contributed by atoms with Crippen molar-refractivity contribution < 1.29 is 13.2 Å². The molecule has 6 heteroatoms. The molecule has 0 aliphatic rings. The normalized spacial score (nSPS) is 12.2. The number of hydrogen-bond acceptors (Lipinski definition) is 3. The first kappa shape index (κ1) is 23.1. The maximum atomic E-state index is 11.9. The van der Waals surface area contributed by atoms with Gasteiger partial charge in [-0.25, -0.2) is 0 Å². The molecule has 3 nitrogen and oxygen atoms in total. The van der Waals surface area contributed by atoms with Gasteiger partial charge in [0.1, 0.15) is 0 Å². The summed E-state index contributed by atoms with van der Waals surface area (Å²) in [5, 5.41) is 0. The molecule has 0 saturated carbocycles. The Balaban J connectivity index is 0. The molecule has 1 heterocycles. The molecule has 0 amide bonds. The second kappa shape index (κ2) is 11.4. The van der Waals surface area contributed by atoms with Gasteiger partial charge in [0, 0.05) is 24.5 Å². The van der Waals surface area contributed by atoms with Crippen LogP contribution in [0.1, 0.15) is 32.0 Å². The van der Waals surface area contributed by atoms with Gasteiger partial charge < -0.3 is 9.80 Å². The first-order valence-corrected chi connectivity index (χ1v) is 7.35. The van der Waals surface area contributed by atoms with Crippen LogP contribution in [0.4, 0.5) is 13.2 Å². The number of alkyl halides is 3. The second-order valence-electron chi connectivity index (χ2n) is 5.26. The van der Waals surface area contributed by atoms with Gasteiger partial charge in [0.05, 0.1) is 5.56 Å². The van der Waals surface area contributed by atoms with Crippen LogP contribution in [0.3, 0.4) is 0 Å². The fourth-order valence-corrected chi connectivity index (χ4v) is 1.33. The van der Waals surface area contributed by atoms with Crippen LogP contribution >= 0.6 is 0 Å². The van der Waals surface area contributed by atoms with E-state index < -0.39 is 11.7 Å². The zero-order chi connectivity index (χ0) is 17.9. The van der Waals surface area contributed by atoms with Gasteiger partial charge in [-0.1, -0.05) is 13.8 Å². The summed E-state index contributed by atoms with van der Waals surface area (Å²) in [5.74, 6) is 0. The number of likely N-dealkylation sites (N-methyl/N-ethyl adjacent to an activating group) is 2. The van der Waals surface area contributed by atoms with Crippen molar-refractivity contribution in [3.63, 3.8) is 0 Å². The van der Waals surface area contributed by atoms with Crippen LogP contribution in [-0.2, 0) is 6.18 Å². The van der Waals surface area contributed by atoms with Crippen LogP contribution in [0, 0.1) is 6.92 Å². The molecular weight excluding hydrogens is 291 g/mol. The lowest BCUT2D eigenvalue weighted by atomic mass is 10.2. The fourth-order valence-electron chi connectivity index (χ4n) is 1.33. The van der Waals surface area contributed by atoms with E-state index in [0.717, 1.165) is 18.8 Å². The van der Waals surface area contributed by atoms with E-state index in [1.165, 1.54) is 6.07 Å². The van der Waals surface area contributed by atoms with E-state index in [4.69, 9.17) is 0 Å². The largest absolute Gasteiger partial charge is 0.417 e. The molecule has 1 rings (SSSR count). The number of halogens is 3. The summed E-state index contributed by atoms with van der Waals surface area (Å²) in [6, 6.07) is 3.01. The third kappa shape index (κ3) is 11.5. The number of rotatable bonds is 3. The lowest BCUT2D eigenvalue weighted by Crippen LogP contribution is -2.34. The Morgan fingerprint density at radius 3 is 1.82 bits per heavy atom. The minimum atomic E-state index is -4.28. The number of hydrogen-bond donors (Lipinski definition) is 0. The SMILES string of the molecule is CC.C[C@H](CN(C)C)N(C)C.Cc1ccc(C(F)(F)F)cn1. The molecule has 0 spiro atoms. The molecule has 0 aliphatic heterocycles. The molecule has 0 N–H and O–H groups in total. The average molecular weight is 321 g/mol. The fraction of sp³-hybridized carbons (Fsp3) is 0.688. The summed E-state index contributed by atoms with van der Waals surface area (Å²) in [6.45, 7) is 8.99. The van der Waals surface area contributed by atoms with Crippen molar-refractivity contribution in [3.8, 4) is 0 Å². The van der Waals surface area contributed by atoms with Crippen LogP contribution in [0.5, 0.6) is 0 Å². The Hall–Kier alpha value is -1.14. The highest BCUT2D eigenvalue weighted by molar-refractivity contribution is 5.15. The zero-order valence-corrected chi connectivity index (χ0v) is 15.0. The van der Waals surface area contributed by atoms with Crippen molar-refractivity contribution in [1.82, 2.24) is 14.8 Å². The Bertz CT molecular complexity index is 373. The summed E-state index contributed by atoms with van der Waals surface area (Å²) >= 11 is 0. The first-order valence-electron chi connectivity index (χ1n) is 7.35. The Kier molecular flexibility index (Phi) is 12.0. The molecule has 0 unspecified atom stereocenters. The van der Waals surface area contributed by atoms with Gasteiger partial charge in [0.25, 0.3) is 0 Å². The predicted molar refractivity (Wildman–Crippen MR) is 87.0 cm³/mol. The van der Waals surface area contributed by atoms with Crippen molar-refractivity contribution >= 4 is 0 Å². The standard InChI is InChI=1S/C7H6F3N.C7H18N2.C2H6/c1-5-2-3-6(4-11-5)7(8,9)10;1-7(9(4)5)6-8(2)3;1-2/h2-4H,1H3;7H,6H2,1-5H3;1-2H3/t;7-;/m.1./s1. The molecule has 22 heavy (non-hydrogen) atoms. The number of pyridine rings is 1. The van der Waals surface area contributed by atoms with E-state index in [-0.39, 0.29) is 0 Å². The Morgan fingerprint density at radius 1 is 1.09 bits per heavy atom. The van der Waals surface area contributed by atoms with E-state index in [9.17, 15) is 13.2 Å². The van der Waals surface area contributed by atoms with Crippen molar-refractivity contribution in [2.24, 2.45) is 0 Å². The van der Waals surface area contributed by atoms with Crippen LogP contribution in [0.15, 0.2) is 18.3 Å². The highest BCUT2D eigenvalue weighted by atomic mass is 19.4. The smallest absolute Gasteiger partial charge is 0.308 e. The van der Waals surface area contributed by atoms with Crippen molar-refractivity contribution in [3.05, 3.63) is 29.6 Å². The minimum Gasteiger partial charge on any atom is -0.308 e. The van der Waals surface area contributed by atoms with Crippen LogP contribution in [0.2, 0.25) is 0 Å². The molecular formula is C16H30F3N3. The molecule has 0 aliphatic carbocycles. The van der Waals surface area contributed by atoms with Crippen LogP contribution in [-0.4, -0.2) is 55.6 Å². The highest BCUT2D eigenvalue weighted by Crippen LogP contribution is 2.28. The van der Waals surface area contributed by atoms with Gasteiger partial charge in [0.2, 0.25) is 0 Å². The molecule has 130 valence electrons. The van der Waals surface area contributed by atoms with Crippen LogP contribution < -0.4 is 0 Å².